The number of hydrogen-bond acceptors (Lipinski definition) is 2. The summed E-state index contributed by atoms with van der Waals surface area (Å²) in [5, 5.41) is 8.68. The highest BCUT2D eigenvalue weighted by Crippen LogP contribution is 2.12. The maximum absolute atomic E-state index is 8.68. The predicted octanol–water partition coefficient (Wildman–Crippen LogP) is 1.78. The second kappa shape index (κ2) is 5.17. The summed E-state index contributed by atoms with van der Waals surface area (Å²) in [7, 11) is 0. The van der Waals surface area contributed by atoms with Crippen molar-refractivity contribution in [3.05, 3.63) is 40.4 Å². The Balaban J connectivity index is 2.68. The summed E-state index contributed by atoms with van der Waals surface area (Å²) < 4.78 is 1.03. The zero-order valence-corrected chi connectivity index (χ0v) is 8.74. The van der Waals surface area contributed by atoms with E-state index < -0.39 is 0 Å². The molecule has 0 amide bonds. The SMILES string of the molecule is NC(/C=C/c1cccc(Br)c1)CO. The van der Waals surface area contributed by atoms with Crippen LogP contribution in [0.4, 0.5) is 0 Å². The molecule has 1 aromatic rings. The Morgan fingerprint density at radius 1 is 1.54 bits per heavy atom. The van der Waals surface area contributed by atoms with Gasteiger partial charge in [0.25, 0.3) is 0 Å². The van der Waals surface area contributed by atoms with Gasteiger partial charge in [-0.15, -0.1) is 0 Å². The van der Waals surface area contributed by atoms with Crippen LogP contribution in [-0.2, 0) is 0 Å². The fourth-order valence-electron chi connectivity index (χ4n) is 0.906. The lowest BCUT2D eigenvalue weighted by molar-refractivity contribution is 0.284. The van der Waals surface area contributed by atoms with Crippen LogP contribution in [0.25, 0.3) is 6.08 Å². The first-order valence-electron chi connectivity index (χ1n) is 4.02. The van der Waals surface area contributed by atoms with Gasteiger partial charge in [-0.2, -0.15) is 0 Å². The summed E-state index contributed by atoms with van der Waals surface area (Å²) in [5.74, 6) is 0. The van der Waals surface area contributed by atoms with Crippen molar-refractivity contribution in [1.82, 2.24) is 0 Å². The van der Waals surface area contributed by atoms with E-state index in [0.29, 0.717) is 0 Å². The van der Waals surface area contributed by atoms with E-state index in [2.05, 4.69) is 15.9 Å². The predicted molar refractivity (Wildman–Crippen MR) is 58.2 cm³/mol. The average Bonchev–Trinajstić information content (AvgIpc) is 2.14. The Bertz CT molecular complexity index is 299. The number of rotatable bonds is 3. The Hall–Kier alpha value is -0.640. The molecule has 3 N–H and O–H groups in total. The lowest BCUT2D eigenvalue weighted by Crippen LogP contribution is -2.20. The maximum Gasteiger partial charge on any atom is 0.0618 e. The number of aliphatic hydroxyl groups excluding tert-OH is 1. The molecule has 13 heavy (non-hydrogen) atoms. The first kappa shape index (κ1) is 10.4. The Morgan fingerprint density at radius 2 is 2.31 bits per heavy atom. The van der Waals surface area contributed by atoms with Crippen molar-refractivity contribution in [1.29, 1.82) is 0 Å². The van der Waals surface area contributed by atoms with Crippen LogP contribution < -0.4 is 5.73 Å². The molecular weight excluding hydrogens is 230 g/mol. The number of nitrogens with two attached hydrogens (primary N) is 1. The van der Waals surface area contributed by atoms with Gasteiger partial charge in [0.15, 0.2) is 0 Å². The standard InChI is InChI=1S/C10H12BrNO/c11-9-3-1-2-8(6-9)4-5-10(12)7-13/h1-6,10,13H,7,12H2/b5-4+. The van der Waals surface area contributed by atoms with Gasteiger partial charge in [-0.05, 0) is 17.7 Å². The lowest BCUT2D eigenvalue weighted by atomic mass is 10.2. The van der Waals surface area contributed by atoms with Crippen LogP contribution in [-0.4, -0.2) is 17.8 Å². The van der Waals surface area contributed by atoms with Gasteiger partial charge in [0.2, 0.25) is 0 Å². The van der Waals surface area contributed by atoms with E-state index in [4.69, 9.17) is 10.8 Å². The summed E-state index contributed by atoms with van der Waals surface area (Å²) in [5.41, 5.74) is 6.58. The molecule has 1 atom stereocenters. The van der Waals surface area contributed by atoms with E-state index in [0.717, 1.165) is 10.0 Å². The minimum Gasteiger partial charge on any atom is -0.394 e. The molecule has 1 unspecified atom stereocenters. The quantitative estimate of drug-likeness (QED) is 0.848. The highest BCUT2D eigenvalue weighted by molar-refractivity contribution is 9.10. The molecule has 0 saturated heterocycles. The van der Waals surface area contributed by atoms with Gasteiger partial charge in [-0.25, -0.2) is 0 Å². The van der Waals surface area contributed by atoms with Crippen LogP contribution in [0.5, 0.6) is 0 Å². The molecule has 2 nitrogen and oxygen atoms in total. The van der Waals surface area contributed by atoms with Gasteiger partial charge in [0.1, 0.15) is 0 Å². The topological polar surface area (TPSA) is 46.2 Å². The van der Waals surface area contributed by atoms with E-state index in [1.165, 1.54) is 0 Å². The number of benzene rings is 1. The van der Waals surface area contributed by atoms with E-state index >= 15 is 0 Å². The van der Waals surface area contributed by atoms with E-state index in [1.807, 2.05) is 30.3 Å². The molecule has 1 aromatic carbocycles. The number of aliphatic hydroxyl groups is 1. The summed E-state index contributed by atoms with van der Waals surface area (Å²) in [6, 6.07) is 7.60. The van der Waals surface area contributed by atoms with Crippen molar-refractivity contribution in [2.45, 2.75) is 6.04 Å². The third-order valence-corrected chi connectivity index (χ3v) is 2.09. The molecule has 1 rings (SSSR count). The van der Waals surface area contributed by atoms with Gasteiger partial charge in [-0.1, -0.05) is 40.2 Å². The second-order valence-corrected chi connectivity index (χ2v) is 3.68. The second-order valence-electron chi connectivity index (χ2n) is 2.76. The van der Waals surface area contributed by atoms with Crippen LogP contribution in [0, 0.1) is 0 Å². The Labute approximate surface area is 86.2 Å². The van der Waals surface area contributed by atoms with Crippen LogP contribution in [0.1, 0.15) is 5.56 Å². The Kier molecular flexibility index (Phi) is 4.15. The van der Waals surface area contributed by atoms with Gasteiger partial charge < -0.3 is 10.8 Å². The summed E-state index contributed by atoms with van der Waals surface area (Å²) in [6.45, 7) is -0.0233. The van der Waals surface area contributed by atoms with Crippen molar-refractivity contribution < 1.29 is 5.11 Å². The minimum absolute atomic E-state index is 0.0233. The third-order valence-electron chi connectivity index (χ3n) is 1.60. The first-order valence-corrected chi connectivity index (χ1v) is 4.82. The molecule has 0 radical (unpaired) electrons. The molecule has 3 heteroatoms. The van der Waals surface area contributed by atoms with Crippen molar-refractivity contribution in [2.24, 2.45) is 5.73 Å². The molecule has 70 valence electrons. The first-order chi connectivity index (χ1) is 6.22. The van der Waals surface area contributed by atoms with Crippen LogP contribution >= 0.6 is 15.9 Å². The lowest BCUT2D eigenvalue weighted by Gasteiger charge is -1.99. The summed E-state index contributed by atoms with van der Waals surface area (Å²) in [4.78, 5) is 0. The van der Waals surface area contributed by atoms with Gasteiger partial charge in [0, 0.05) is 10.5 Å². The minimum atomic E-state index is -0.279. The third kappa shape index (κ3) is 3.72. The maximum atomic E-state index is 8.68. The highest BCUT2D eigenvalue weighted by atomic mass is 79.9. The zero-order chi connectivity index (χ0) is 9.68. The molecule has 0 bridgehead atoms. The van der Waals surface area contributed by atoms with Gasteiger partial charge in [0.05, 0.1) is 6.61 Å². The highest BCUT2D eigenvalue weighted by Gasteiger charge is 1.93. The van der Waals surface area contributed by atoms with Crippen molar-refractivity contribution in [3.8, 4) is 0 Å². The molecule has 0 aliphatic rings. The van der Waals surface area contributed by atoms with Crippen LogP contribution in [0.15, 0.2) is 34.8 Å². The van der Waals surface area contributed by atoms with Crippen LogP contribution in [0.3, 0.4) is 0 Å². The van der Waals surface area contributed by atoms with E-state index in [1.54, 1.807) is 6.08 Å². The molecular formula is C10H12BrNO. The van der Waals surface area contributed by atoms with E-state index in [-0.39, 0.29) is 12.6 Å². The molecule has 0 aliphatic carbocycles. The smallest absolute Gasteiger partial charge is 0.0618 e. The molecule has 0 aliphatic heterocycles. The molecule has 0 saturated carbocycles. The van der Waals surface area contributed by atoms with Crippen LogP contribution in [0.2, 0.25) is 0 Å². The van der Waals surface area contributed by atoms with Crippen molar-refractivity contribution >= 4 is 22.0 Å². The number of halogens is 1. The van der Waals surface area contributed by atoms with Crippen molar-refractivity contribution in [2.75, 3.05) is 6.61 Å². The fraction of sp³-hybridized carbons (Fsp3) is 0.200. The monoisotopic (exact) mass is 241 g/mol. The summed E-state index contributed by atoms with van der Waals surface area (Å²) in [6.07, 6.45) is 3.67. The molecule has 0 fully saturated rings. The average molecular weight is 242 g/mol. The molecule has 0 heterocycles. The summed E-state index contributed by atoms with van der Waals surface area (Å²) >= 11 is 3.37. The van der Waals surface area contributed by atoms with Crippen molar-refractivity contribution in [3.63, 3.8) is 0 Å². The number of hydrogen-bond donors (Lipinski definition) is 2. The fourth-order valence-corrected chi connectivity index (χ4v) is 1.32. The van der Waals surface area contributed by atoms with Gasteiger partial charge >= 0.3 is 0 Å². The Morgan fingerprint density at radius 3 is 2.92 bits per heavy atom. The normalized spacial score (nSPS) is 13.5. The van der Waals surface area contributed by atoms with E-state index in [9.17, 15) is 0 Å². The molecule has 0 aromatic heterocycles. The van der Waals surface area contributed by atoms with Gasteiger partial charge in [-0.3, -0.25) is 0 Å². The largest absolute Gasteiger partial charge is 0.394 e. The zero-order valence-electron chi connectivity index (χ0n) is 7.15. The molecule has 0 spiro atoms.